The van der Waals surface area contributed by atoms with E-state index in [0.717, 1.165) is 0 Å². The van der Waals surface area contributed by atoms with Crippen molar-refractivity contribution in [1.29, 1.82) is 0 Å². The Morgan fingerprint density at radius 2 is 2.18 bits per heavy atom. The Balaban J connectivity index is 2.43. The molecule has 0 fully saturated rings. The van der Waals surface area contributed by atoms with Crippen molar-refractivity contribution < 1.29 is 14.3 Å². The van der Waals surface area contributed by atoms with E-state index in [9.17, 15) is 4.79 Å². The second-order valence-electron chi connectivity index (χ2n) is 3.54. The molecule has 1 rings (SSSR count). The first kappa shape index (κ1) is 13.2. The van der Waals surface area contributed by atoms with Crippen molar-refractivity contribution >= 4 is 11.6 Å². The molecule has 1 aromatic rings. The Hall–Kier alpha value is -1.91. The van der Waals surface area contributed by atoms with Crippen LogP contribution >= 0.6 is 0 Å². The molecule has 1 aromatic carbocycles. The zero-order valence-electron chi connectivity index (χ0n) is 10.2. The third-order valence-electron chi connectivity index (χ3n) is 2.27. The number of methoxy groups -OCH3 is 1. The third-order valence-corrected chi connectivity index (χ3v) is 2.27. The van der Waals surface area contributed by atoms with Crippen LogP contribution in [0.15, 0.2) is 18.2 Å². The third kappa shape index (κ3) is 4.22. The van der Waals surface area contributed by atoms with Crippen LogP contribution in [0.5, 0.6) is 11.5 Å². The molecule has 0 radical (unpaired) electrons. The number of benzene rings is 1. The SMILES string of the molecule is CNC(=O)CCCOc1ccc(N)cc1OC. The van der Waals surface area contributed by atoms with Crippen molar-refractivity contribution in [3.05, 3.63) is 18.2 Å². The van der Waals surface area contributed by atoms with Gasteiger partial charge in [0.1, 0.15) is 0 Å². The molecule has 3 N–H and O–H groups in total. The minimum absolute atomic E-state index is 0.0119. The average Bonchev–Trinajstić information content (AvgIpc) is 2.35. The van der Waals surface area contributed by atoms with E-state index in [1.807, 2.05) is 0 Å². The summed E-state index contributed by atoms with van der Waals surface area (Å²) in [6.45, 7) is 0.466. The smallest absolute Gasteiger partial charge is 0.219 e. The summed E-state index contributed by atoms with van der Waals surface area (Å²) in [6, 6.07) is 5.21. The fourth-order valence-electron chi connectivity index (χ4n) is 1.34. The largest absolute Gasteiger partial charge is 0.493 e. The summed E-state index contributed by atoms with van der Waals surface area (Å²) in [5.41, 5.74) is 6.25. The molecular weight excluding hydrogens is 220 g/mol. The average molecular weight is 238 g/mol. The maximum Gasteiger partial charge on any atom is 0.219 e. The highest BCUT2D eigenvalue weighted by atomic mass is 16.5. The molecule has 17 heavy (non-hydrogen) atoms. The van der Waals surface area contributed by atoms with Gasteiger partial charge in [0.15, 0.2) is 11.5 Å². The van der Waals surface area contributed by atoms with Crippen LogP contribution in [0.1, 0.15) is 12.8 Å². The van der Waals surface area contributed by atoms with Crippen molar-refractivity contribution in [2.75, 3.05) is 26.5 Å². The van der Waals surface area contributed by atoms with E-state index in [-0.39, 0.29) is 5.91 Å². The van der Waals surface area contributed by atoms with Gasteiger partial charge in [0.2, 0.25) is 5.91 Å². The van der Waals surface area contributed by atoms with Crippen LogP contribution in [-0.4, -0.2) is 26.7 Å². The van der Waals surface area contributed by atoms with Crippen molar-refractivity contribution in [2.45, 2.75) is 12.8 Å². The van der Waals surface area contributed by atoms with Gasteiger partial charge in [-0.15, -0.1) is 0 Å². The number of hydrogen-bond acceptors (Lipinski definition) is 4. The molecule has 5 heteroatoms. The topological polar surface area (TPSA) is 73.6 Å². The highest BCUT2D eigenvalue weighted by Crippen LogP contribution is 2.28. The van der Waals surface area contributed by atoms with Crippen molar-refractivity contribution in [2.24, 2.45) is 0 Å². The predicted molar refractivity (Wildman–Crippen MR) is 66.2 cm³/mol. The van der Waals surface area contributed by atoms with E-state index in [0.29, 0.717) is 36.6 Å². The van der Waals surface area contributed by atoms with E-state index < -0.39 is 0 Å². The molecular formula is C12H18N2O3. The molecule has 0 aliphatic heterocycles. The molecule has 0 unspecified atom stereocenters. The monoisotopic (exact) mass is 238 g/mol. The van der Waals surface area contributed by atoms with Gasteiger partial charge in [-0.1, -0.05) is 0 Å². The number of carbonyl (C=O) groups is 1. The maximum absolute atomic E-state index is 11.0. The van der Waals surface area contributed by atoms with E-state index in [2.05, 4.69) is 5.32 Å². The minimum atomic E-state index is 0.0119. The standard InChI is InChI=1S/C12H18N2O3/c1-14-12(15)4-3-7-17-10-6-5-9(13)8-11(10)16-2/h5-6,8H,3-4,7,13H2,1-2H3,(H,14,15). The number of ether oxygens (including phenoxy) is 2. The van der Waals surface area contributed by atoms with Gasteiger partial charge in [0.05, 0.1) is 13.7 Å². The molecule has 0 saturated carbocycles. The number of hydrogen-bond donors (Lipinski definition) is 2. The van der Waals surface area contributed by atoms with Crippen LogP contribution in [0.4, 0.5) is 5.69 Å². The molecule has 0 heterocycles. The summed E-state index contributed by atoms with van der Waals surface area (Å²) in [5, 5.41) is 2.56. The summed E-state index contributed by atoms with van der Waals surface area (Å²) in [6.07, 6.45) is 1.11. The highest BCUT2D eigenvalue weighted by Gasteiger charge is 2.05. The van der Waals surface area contributed by atoms with Gasteiger partial charge in [0.25, 0.3) is 0 Å². The quantitative estimate of drug-likeness (QED) is 0.576. The fraction of sp³-hybridized carbons (Fsp3) is 0.417. The Labute approximate surface area is 101 Å². The second-order valence-corrected chi connectivity index (χ2v) is 3.54. The Morgan fingerprint density at radius 3 is 2.82 bits per heavy atom. The Bertz CT molecular complexity index is 380. The number of nitrogens with two attached hydrogens (primary N) is 1. The summed E-state index contributed by atoms with van der Waals surface area (Å²) < 4.78 is 10.7. The number of carbonyl (C=O) groups excluding carboxylic acids is 1. The van der Waals surface area contributed by atoms with Gasteiger partial charge in [-0.2, -0.15) is 0 Å². The normalized spacial score (nSPS) is 9.76. The van der Waals surface area contributed by atoms with Crippen molar-refractivity contribution in [3.8, 4) is 11.5 Å². The minimum Gasteiger partial charge on any atom is -0.493 e. The fourth-order valence-corrected chi connectivity index (χ4v) is 1.34. The molecule has 1 amide bonds. The first-order valence-electron chi connectivity index (χ1n) is 5.44. The van der Waals surface area contributed by atoms with Gasteiger partial charge >= 0.3 is 0 Å². The lowest BCUT2D eigenvalue weighted by atomic mass is 10.3. The van der Waals surface area contributed by atoms with Gasteiger partial charge in [-0.3, -0.25) is 4.79 Å². The summed E-state index contributed by atoms with van der Waals surface area (Å²) in [7, 11) is 3.18. The van der Waals surface area contributed by atoms with Crippen LogP contribution in [-0.2, 0) is 4.79 Å². The van der Waals surface area contributed by atoms with Crippen LogP contribution in [0.2, 0.25) is 0 Å². The van der Waals surface area contributed by atoms with Crippen LogP contribution in [0.25, 0.3) is 0 Å². The van der Waals surface area contributed by atoms with Crippen molar-refractivity contribution in [3.63, 3.8) is 0 Å². The lowest BCUT2D eigenvalue weighted by Crippen LogP contribution is -2.18. The van der Waals surface area contributed by atoms with Crippen LogP contribution < -0.4 is 20.5 Å². The van der Waals surface area contributed by atoms with E-state index in [4.69, 9.17) is 15.2 Å². The molecule has 0 saturated heterocycles. The van der Waals surface area contributed by atoms with E-state index >= 15 is 0 Å². The van der Waals surface area contributed by atoms with Gasteiger partial charge in [-0.25, -0.2) is 0 Å². The van der Waals surface area contributed by atoms with Gasteiger partial charge in [0, 0.05) is 25.2 Å². The van der Waals surface area contributed by atoms with Crippen LogP contribution in [0, 0.1) is 0 Å². The first-order chi connectivity index (χ1) is 8.17. The molecule has 0 aliphatic carbocycles. The maximum atomic E-state index is 11.0. The number of rotatable bonds is 6. The molecule has 0 spiro atoms. The summed E-state index contributed by atoms with van der Waals surface area (Å²) in [4.78, 5) is 11.0. The molecule has 0 aliphatic rings. The molecule has 0 bridgehead atoms. The van der Waals surface area contributed by atoms with E-state index in [1.165, 1.54) is 0 Å². The van der Waals surface area contributed by atoms with Crippen molar-refractivity contribution in [1.82, 2.24) is 5.32 Å². The lowest BCUT2D eigenvalue weighted by molar-refractivity contribution is -0.120. The Morgan fingerprint density at radius 1 is 1.41 bits per heavy atom. The number of amides is 1. The van der Waals surface area contributed by atoms with E-state index in [1.54, 1.807) is 32.4 Å². The Kier molecular flexibility index (Phi) is 5.13. The molecule has 5 nitrogen and oxygen atoms in total. The van der Waals surface area contributed by atoms with Gasteiger partial charge < -0.3 is 20.5 Å². The number of nitrogens with one attached hydrogen (secondary N) is 1. The highest BCUT2D eigenvalue weighted by molar-refractivity contribution is 5.75. The zero-order valence-corrected chi connectivity index (χ0v) is 10.2. The molecule has 94 valence electrons. The summed E-state index contributed by atoms with van der Waals surface area (Å²) in [5.74, 6) is 1.25. The predicted octanol–water partition coefficient (Wildman–Crippen LogP) is 1.18. The van der Waals surface area contributed by atoms with Crippen LogP contribution in [0.3, 0.4) is 0 Å². The zero-order chi connectivity index (χ0) is 12.7. The van der Waals surface area contributed by atoms with Gasteiger partial charge in [-0.05, 0) is 18.6 Å². The number of nitrogen functional groups attached to an aromatic ring is 1. The molecule has 0 aromatic heterocycles. The summed E-state index contributed by atoms with van der Waals surface area (Å²) >= 11 is 0. The second kappa shape index (κ2) is 6.62. The molecule has 0 atom stereocenters. The first-order valence-corrected chi connectivity index (χ1v) is 5.44. The lowest BCUT2D eigenvalue weighted by Gasteiger charge is -2.10. The number of anilines is 1.